The molecule has 0 atom stereocenters. The average molecular weight is 465 g/mol. The number of amides is 2. The van der Waals surface area contributed by atoms with E-state index in [9.17, 15) is 22.8 Å². The molecule has 0 saturated carbocycles. The van der Waals surface area contributed by atoms with E-state index in [0.29, 0.717) is 0 Å². The molecule has 3 heterocycles. The second kappa shape index (κ2) is 8.60. The van der Waals surface area contributed by atoms with Crippen molar-refractivity contribution < 1.29 is 41.8 Å². The second-order valence-corrected chi connectivity index (χ2v) is 8.02. The number of halogens is 1. The molecule has 0 aliphatic carbocycles. The summed E-state index contributed by atoms with van der Waals surface area (Å²) in [5.41, 5.74) is -0.178. The summed E-state index contributed by atoms with van der Waals surface area (Å²) < 4.78 is 58.8. The van der Waals surface area contributed by atoms with Crippen LogP contribution in [0.25, 0.3) is 0 Å². The number of hydroxylamine groups is 1. The maximum Gasteiger partial charge on any atom is 0.362 e. The number of nitrogens with one attached hydrogen (secondary N) is 1. The van der Waals surface area contributed by atoms with Crippen molar-refractivity contribution in [1.82, 2.24) is 19.4 Å². The molecule has 1 saturated heterocycles. The van der Waals surface area contributed by atoms with Crippen molar-refractivity contribution in [3.8, 4) is 12.0 Å². The molecule has 2 amide bonds. The number of hydrogen-bond acceptors (Lipinski definition) is 12. The Bertz CT molecular complexity index is 1000. The first kappa shape index (κ1) is 22.0. The predicted molar refractivity (Wildman–Crippen MR) is 96.6 cm³/mol. The van der Waals surface area contributed by atoms with Crippen molar-refractivity contribution in [2.24, 2.45) is 0 Å². The van der Waals surface area contributed by atoms with Crippen LogP contribution in [0.2, 0.25) is 0 Å². The van der Waals surface area contributed by atoms with Crippen molar-refractivity contribution in [2.45, 2.75) is 10.7 Å². The van der Waals surface area contributed by atoms with Gasteiger partial charge in [0.15, 0.2) is 0 Å². The van der Waals surface area contributed by atoms with Crippen LogP contribution in [0.4, 0.5) is 15.1 Å². The van der Waals surface area contributed by atoms with Crippen molar-refractivity contribution >= 4 is 33.3 Å². The third-order valence-corrected chi connectivity index (χ3v) is 6.23. The van der Waals surface area contributed by atoms with Gasteiger partial charge in [0.05, 0.1) is 27.4 Å². The molecule has 13 nitrogen and oxygen atoms in total. The molecule has 1 aliphatic heterocycles. The summed E-state index contributed by atoms with van der Waals surface area (Å²) in [6.07, 6.45) is 0. The van der Waals surface area contributed by atoms with E-state index in [0.717, 1.165) is 16.7 Å². The summed E-state index contributed by atoms with van der Waals surface area (Å²) in [6.45, 7) is -1.08. The topological polar surface area (TPSA) is 162 Å². The van der Waals surface area contributed by atoms with E-state index in [1.54, 1.807) is 0 Å². The largest absolute Gasteiger partial charge is 0.467 e. The maximum atomic E-state index is 13.6. The molecule has 0 spiro atoms. The van der Waals surface area contributed by atoms with Gasteiger partial charge in [-0.05, 0) is 0 Å². The molecule has 1 aliphatic rings. The number of nitrogens with zero attached hydrogens (tertiary/aromatic N) is 4. The van der Waals surface area contributed by atoms with Crippen molar-refractivity contribution in [2.75, 3.05) is 39.4 Å². The van der Waals surface area contributed by atoms with Gasteiger partial charge in [0.2, 0.25) is 11.7 Å². The smallest absolute Gasteiger partial charge is 0.362 e. The molecular formula is C14H16FN5O8S2. The van der Waals surface area contributed by atoms with Gasteiger partial charge in [-0.3, -0.25) is 10.5 Å². The highest BCUT2D eigenvalue weighted by Gasteiger charge is 2.45. The van der Waals surface area contributed by atoms with Crippen LogP contribution in [0, 0.1) is 0 Å². The van der Waals surface area contributed by atoms with Gasteiger partial charge in [0.1, 0.15) is 11.6 Å². The lowest BCUT2D eigenvalue weighted by atomic mass is 10.1. The SMILES string of the molecule is COc1nc(NC(=O)N(O)S(=O)(=O)c2cscc2C2(CF)OCCO2)nc(OC)n1. The van der Waals surface area contributed by atoms with Gasteiger partial charge in [-0.1, -0.05) is 4.47 Å². The van der Waals surface area contributed by atoms with Crippen LogP contribution in [0.3, 0.4) is 0 Å². The number of urea groups is 1. The van der Waals surface area contributed by atoms with E-state index in [2.05, 4.69) is 15.0 Å². The van der Waals surface area contributed by atoms with Crippen LogP contribution in [0.5, 0.6) is 12.0 Å². The molecule has 16 heteroatoms. The Morgan fingerprint density at radius 3 is 2.40 bits per heavy atom. The third-order valence-electron chi connectivity index (χ3n) is 3.82. The van der Waals surface area contributed by atoms with Gasteiger partial charge >= 0.3 is 18.1 Å². The lowest BCUT2D eigenvalue weighted by Gasteiger charge is -2.25. The minimum atomic E-state index is -4.84. The number of anilines is 1. The van der Waals surface area contributed by atoms with Gasteiger partial charge in [-0.2, -0.15) is 29.7 Å². The van der Waals surface area contributed by atoms with Crippen molar-refractivity contribution in [3.05, 3.63) is 16.3 Å². The zero-order chi connectivity index (χ0) is 21.9. The Hall–Kier alpha value is -2.66. The molecule has 0 bridgehead atoms. The van der Waals surface area contributed by atoms with E-state index in [1.807, 2.05) is 5.32 Å². The van der Waals surface area contributed by atoms with Gasteiger partial charge < -0.3 is 18.9 Å². The summed E-state index contributed by atoms with van der Waals surface area (Å²) in [5, 5.41) is 14.5. The highest BCUT2D eigenvalue weighted by Crippen LogP contribution is 2.38. The number of carbonyl (C=O) groups excluding carboxylic acids is 1. The van der Waals surface area contributed by atoms with E-state index >= 15 is 0 Å². The summed E-state index contributed by atoms with van der Waals surface area (Å²) in [4.78, 5) is 22.8. The molecule has 2 N–H and O–H groups in total. The van der Waals surface area contributed by atoms with E-state index in [1.165, 1.54) is 19.6 Å². The summed E-state index contributed by atoms with van der Waals surface area (Å²) in [7, 11) is -2.35. The molecular weight excluding hydrogens is 449 g/mol. The highest BCUT2D eigenvalue weighted by molar-refractivity contribution is 7.89. The molecule has 0 unspecified atom stereocenters. The fraction of sp³-hybridized carbons (Fsp3) is 0.429. The number of sulfonamides is 1. The Kier molecular flexibility index (Phi) is 6.32. The Balaban J connectivity index is 1.88. The first-order valence-electron chi connectivity index (χ1n) is 8.07. The quantitative estimate of drug-likeness (QED) is 0.438. The van der Waals surface area contributed by atoms with E-state index in [-0.39, 0.29) is 30.8 Å². The predicted octanol–water partition coefficient (Wildman–Crippen LogP) is 0.731. The Morgan fingerprint density at radius 2 is 1.87 bits per heavy atom. The standard InChI is InChI=1S/C14H16FN5O8S2/c1-25-11-16-10(17-12(19-11)26-2)18-13(21)20(22)30(23,24)9-6-29-5-8(9)14(7-15)27-3-4-28-14/h5-6,22H,3-4,7H2,1-2H3,(H,16,17,18,19,21). The number of hydrogen-bond donors (Lipinski definition) is 2. The minimum absolute atomic E-state index is 0.0472. The number of ether oxygens (including phenoxy) is 4. The van der Waals surface area contributed by atoms with Crippen molar-refractivity contribution in [3.63, 3.8) is 0 Å². The van der Waals surface area contributed by atoms with Crippen LogP contribution in [-0.4, -0.2) is 73.2 Å². The second-order valence-electron chi connectivity index (χ2n) is 5.54. The van der Waals surface area contributed by atoms with Gasteiger partial charge in [-0.15, -0.1) is 4.98 Å². The first-order chi connectivity index (χ1) is 14.3. The molecule has 1 fully saturated rings. The minimum Gasteiger partial charge on any atom is -0.467 e. The molecule has 164 valence electrons. The van der Waals surface area contributed by atoms with Crippen LogP contribution in [-0.2, 0) is 25.3 Å². The molecule has 3 rings (SSSR count). The fourth-order valence-electron chi connectivity index (χ4n) is 2.44. The van der Waals surface area contributed by atoms with Gasteiger partial charge in [0.25, 0.3) is 10.0 Å². The fourth-order valence-corrected chi connectivity index (χ4v) is 4.88. The molecule has 2 aromatic heterocycles. The normalized spacial score (nSPS) is 15.6. The van der Waals surface area contributed by atoms with Gasteiger partial charge in [-0.25, -0.2) is 9.18 Å². The maximum absolute atomic E-state index is 13.6. The van der Waals surface area contributed by atoms with Gasteiger partial charge in [0, 0.05) is 16.3 Å². The zero-order valence-electron chi connectivity index (χ0n) is 15.6. The van der Waals surface area contributed by atoms with Crippen LogP contribution in [0.1, 0.15) is 5.56 Å². The number of rotatable bonds is 7. The zero-order valence-corrected chi connectivity index (χ0v) is 17.2. The average Bonchev–Trinajstić information content (AvgIpc) is 3.43. The van der Waals surface area contributed by atoms with Crippen molar-refractivity contribution in [1.29, 1.82) is 0 Å². The first-order valence-corrected chi connectivity index (χ1v) is 10.5. The molecule has 30 heavy (non-hydrogen) atoms. The number of carbonyl (C=O) groups is 1. The summed E-state index contributed by atoms with van der Waals surface area (Å²) in [6, 6.07) is -1.99. The lowest BCUT2D eigenvalue weighted by molar-refractivity contribution is -0.178. The number of aromatic nitrogens is 3. The summed E-state index contributed by atoms with van der Waals surface area (Å²) in [5.74, 6) is -2.39. The van der Waals surface area contributed by atoms with Crippen LogP contribution in [0.15, 0.2) is 15.7 Å². The summed E-state index contributed by atoms with van der Waals surface area (Å²) >= 11 is 0.895. The lowest BCUT2D eigenvalue weighted by Crippen LogP contribution is -2.39. The number of alkyl halides is 1. The Labute approximate surface area is 173 Å². The van der Waals surface area contributed by atoms with Crippen LogP contribution >= 0.6 is 11.3 Å². The van der Waals surface area contributed by atoms with E-state index in [4.69, 9.17) is 18.9 Å². The number of thiophene rings is 1. The Morgan fingerprint density at radius 1 is 1.27 bits per heavy atom. The van der Waals surface area contributed by atoms with E-state index < -0.39 is 43.8 Å². The number of methoxy groups -OCH3 is 2. The monoisotopic (exact) mass is 465 g/mol. The third kappa shape index (κ3) is 3.99. The molecule has 2 aromatic rings. The highest BCUT2D eigenvalue weighted by atomic mass is 32.2. The molecule has 0 radical (unpaired) electrons. The molecule has 0 aromatic carbocycles. The van der Waals surface area contributed by atoms with Crippen LogP contribution < -0.4 is 14.8 Å².